The van der Waals surface area contributed by atoms with Gasteiger partial charge >= 0.3 is 0 Å². The molecule has 82 valence electrons. The summed E-state index contributed by atoms with van der Waals surface area (Å²) in [6.07, 6.45) is 4.94. The molecular weight excluding hydrogens is 412 g/mol. The molecule has 1 fully saturated rings. The summed E-state index contributed by atoms with van der Waals surface area (Å²) in [5.41, 5.74) is 1.36. The van der Waals surface area contributed by atoms with E-state index < -0.39 is 0 Å². The molecular formula is C12H18NOU-. The number of hydrogen-bond acceptors (Lipinski definition) is 2. The van der Waals surface area contributed by atoms with Gasteiger partial charge in [-0.1, -0.05) is 24.6 Å². The quantitative estimate of drug-likeness (QED) is 0.691. The van der Waals surface area contributed by atoms with Crippen LogP contribution in [0.2, 0.25) is 0 Å². The zero-order valence-electron chi connectivity index (χ0n) is 9.19. The van der Waals surface area contributed by atoms with E-state index in [1.807, 2.05) is 0 Å². The van der Waals surface area contributed by atoms with Crippen LogP contribution in [0.5, 0.6) is 0 Å². The number of piperidine rings is 1. The van der Waals surface area contributed by atoms with Crippen LogP contribution in [0, 0.1) is 37.5 Å². The SMILES string of the molecule is CO.[U].c1ccc(N2C[CH-]CCC2)cc1. The van der Waals surface area contributed by atoms with Crippen molar-refractivity contribution in [3.05, 3.63) is 36.8 Å². The maximum Gasteiger partial charge on any atom is 0.0341 e. The van der Waals surface area contributed by atoms with E-state index in [1.54, 1.807) is 0 Å². The van der Waals surface area contributed by atoms with E-state index in [1.165, 1.54) is 25.1 Å². The third-order valence-electron chi connectivity index (χ3n) is 2.31. The molecule has 0 aromatic heterocycles. The number of anilines is 1. The van der Waals surface area contributed by atoms with Crippen molar-refractivity contribution in [3.63, 3.8) is 0 Å². The van der Waals surface area contributed by atoms with E-state index in [-0.39, 0.29) is 31.1 Å². The second kappa shape index (κ2) is 9.27. The maximum atomic E-state index is 7.00. The van der Waals surface area contributed by atoms with Gasteiger partial charge < -0.3 is 16.4 Å². The van der Waals surface area contributed by atoms with Crippen molar-refractivity contribution >= 4 is 5.69 Å². The number of rotatable bonds is 1. The largest absolute Gasteiger partial charge is 0.401 e. The van der Waals surface area contributed by atoms with Crippen LogP contribution >= 0.6 is 0 Å². The average molecular weight is 430 g/mol. The minimum absolute atomic E-state index is 0. The zero-order chi connectivity index (χ0) is 10.2. The summed E-state index contributed by atoms with van der Waals surface area (Å²) in [5.74, 6) is 0. The van der Waals surface area contributed by atoms with Crippen LogP contribution in [0.15, 0.2) is 30.3 Å². The van der Waals surface area contributed by atoms with Gasteiger partial charge in [-0.25, -0.2) is 0 Å². The van der Waals surface area contributed by atoms with Gasteiger partial charge in [-0.2, -0.15) is 6.42 Å². The van der Waals surface area contributed by atoms with Gasteiger partial charge in [0.25, 0.3) is 0 Å². The fourth-order valence-electron chi connectivity index (χ4n) is 1.64. The van der Waals surface area contributed by atoms with E-state index in [0.29, 0.717) is 0 Å². The fourth-order valence-corrected chi connectivity index (χ4v) is 1.64. The second-order valence-electron chi connectivity index (χ2n) is 3.21. The molecule has 1 saturated heterocycles. The van der Waals surface area contributed by atoms with Crippen molar-refractivity contribution in [2.45, 2.75) is 12.8 Å². The zero-order valence-corrected chi connectivity index (χ0v) is 13.4. The molecule has 2 rings (SSSR count). The Morgan fingerprint density at radius 1 is 1.20 bits per heavy atom. The number of benzene rings is 1. The molecule has 1 heterocycles. The Labute approximate surface area is 116 Å². The summed E-state index contributed by atoms with van der Waals surface area (Å²) in [6.45, 7) is 2.32. The smallest absolute Gasteiger partial charge is 0.0341 e. The summed E-state index contributed by atoms with van der Waals surface area (Å²) < 4.78 is 0. The van der Waals surface area contributed by atoms with Crippen molar-refractivity contribution in [2.75, 3.05) is 25.1 Å². The summed E-state index contributed by atoms with van der Waals surface area (Å²) >= 11 is 0. The van der Waals surface area contributed by atoms with Crippen LogP contribution in [0.25, 0.3) is 0 Å². The molecule has 0 spiro atoms. The van der Waals surface area contributed by atoms with Gasteiger partial charge in [-0.3, -0.25) is 0 Å². The summed E-state index contributed by atoms with van der Waals surface area (Å²) in [7, 11) is 1.00. The molecule has 0 radical (unpaired) electrons. The first-order valence-corrected chi connectivity index (χ1v) is 5.03. The third kappa shape index (κ3) is 5.06. The van der Waals surface area contributed by atoms with Crippen molar-refractivity contribution in [1.29, 1.82) is 0 Å². The van der Waals surface area contributed by atoms with Gasteiger partial charge in [-0.15, -0.1) is 6.54 Å². The van der Waals surface area contributed by atoms with Gasteiger partial charge in [0.2, 0.25) is 0 Å². The summed E-state index contributed by atoms with van der Waals surface area (Å²) in [6, 6.07) is 10.6. The molecule has 15 heavy (non-hydrogen) atoms. The second-order valence-corrected chi connectivity index (χ2v) is 3.21. The Morgan fingerprint density at radius 3 is 2.40 bits per heavy atom. The van der Waals surface area contributed by atoms with Gasteiger partial charge in [-0.05, 0) is 12.1 Å². The Morgan fingerprint density at radius 2 is 1.87 bits per heavy atom. The number of para-hydroxylation sites is 1. The van der Waals surface area contributed by atoms with Gasteiger partial charge in [0.05, 0.1) is 0 Å². The summed E-state index contributed by atoms with van der Waals surface area (Å²) in [5, 5.41) is 7.00. The Bertz CT molecular complexity index is 235. The van der Waals surface area contributed by atoms with Gasteiger partial charge in [0, 0.05) is 50.5 Å². The minimum Gasteiger partial charge on any atom is -0.401 e. The van der Waals surface area contributed by atoms with E-state index in [2.05, 4.69) is 41.7 Å². The van der Waals surface area contributed by atoms with E-state index >= 15 is 0 Å². The van der Waals surface area contributed by atoms with Crippen molar-refractivity contribution in [3.8, 4) is 0 Å². The van der Waals surface area contributed by atoms with Crippen LogP contribution in [0.4, 0.5) is 5.69 Å². The Balaban J connectivity index is 0.000000617. The topological polar surface area (TPSA) is 23.5 Å². The average Bonchev–Trinajstić information content (AvgIpc) is 2.34. The summed E-state index contributed by atoms with van der Waals surface area (Å²) in [4.78, 5) is 2.42. The van der Waals surface area contributed by atoms with Crippen molar-refractivity contribution in [2.24, 2.45) is 0 Å². The molecule has 0 aliphatic carbocycles. The van der Waals surface area contributed by atoms with Gasteiger partial charge in [0.1, 0.15) is 0 Å². The van der Waals surface area contributed by atoms with Crippen LogP contribution in [0.3, 0.4) is 0 Å². The molecule has 0 atom stereocenters. The number of nitrogens with zero attached hydrogens (tertiary/aromatic N) is 1. The number of aliphatic hydroxyl groups is 1. The molecule has 1 aliphatic rings. The first-order valence-electron chi connectivity index (χ1n) is 5.03. The van der Waals surface area contributed by atoms with E-state index in [4.69, 9.17) is 5.11 Å². The molecule has 3 heteroatoms. The molecule has 1 aromatic rings. The minimum atomic E-state index is 0. The standard InChI is InChI=1S/C11H14N.CH4O.U/c1-3-7-11(8-4-1)12-9-5-2-6-10-12;1-2;/h1,3-5,7-8H,2,6,9-10H2;2H,1H3;/q-1;;. The molecule has 0 amide bonds. The predicted octanol–water partition coefficient (Wildman–Crippen LogP) is 2.10. The van der Waals surface area contributed by atoms with Crippen LogP contribution in [0.1, 0.15) is 12.8 Å². The third-order valence-corrected chi connectivity index (χ3v) is 2.31. The molecule has 1 aliphatic heterocycles. The van der Waals surface area contributed by atoms with Crippen LogP contribution < -0.4 is 4.90 Å². The monoisotopic (exact) mass is 430 g/mol. The Hall–Kier alpha value is 0.0319. The van der Waals surface area contributed by atoms with Crippen LogP contribution in [-0.2, 0) is 0 Å². The first kappa shape index (κ1) is 15.0. The van der Waals surface area contributed by atoms with Crippen molar-refractivity contribution < 1.29 is 36.2 Å². The van der Waals surface area contributed by atoms with E-state index in [0.717, 1.165) is 13.7 Å². The molecule has 0 bridgehead atoms. The molecule has 0 unspecified atom stereocenters. The Kier molecular flexibility index (Phi) is 9.29. The molecule has 2 nitrogen and oxygen atoms in total. The number of aliphatic hydroxyl groups excluding tert-OH is 1. The maximum absolute atomic E-state index is 7.00. The molecule has 0 saturated carbocycles. The predicted molar refractivity (Wildman–Crippen MR) is 60.3 cm³/mol. The van der Waals surface area contributed by atoms with E-state index in [9.17, 15) is 0 Å². The first-order chi connectivity index (χ1) is 6.97. The van der Waals surface area contributed by atoms with Gasteiger partial charge in [0.15, 0.2) is 0 Å². The fraction of sp³-hybridized carbons (Fsp3) is 0.417. The normalized spacial score (nSPS) is 14.7. The number of hydrogen-bond donors (Lipinski definition) is 1. The molecule has 1 N–H and O–H groups in total. The van der Waals surface area contributed by atoms with Crippen molar-refractivity contribution in [1.82, 2.24) is 0 Å². The van der Waals surface area contributed by atoms with Crippen LogP contribution in [-0.4, -0.2) is 25.3 Å². The molecule has 1 aromatic carbocycles.